The summed E-state index contributed by atoms with van der Waals surface area (Å²) in [6, 6.07) is 2.86. The van der Waals surface area contributed by atoms with Crippen LogP contribution in [0.1, 0.15) is 30.0 Å². The molecule has 0 radical (unpaired) electrons. The molecule has 0 fully saturated rings. The molecule has 84 valence electrons. The number of hydrogen-bond acceptors (Lipinski definition) is 2. The molecule has 1 aromatic carbocycles. The van der Waals surface area contributed by atoms with Crippen molar-refractivity contribution in [2.45, 2.75) is 32.8 Å². The summed E-state index contributed by atoms with van der Waals surface area (Å²) in [6.45, 7) is 3.22. The van der Waals surface area contributed by atoms with Crippen LogP contribution in [0, 0.1) is 6.92 Å². The normalized spacial score (nSPS) is 13.2. The lowest BCUT2D eigenvalue weighted by Gasteiger charge is -2.12. The molecular weight excluding hydrogens is 202 g/mol. The summed E-state index contributed by atoms with van der Waals surface area (Å²) >= 11 is 0. The SMILES string of the molecule is Cc1cc(CC(C)O)c(O)c(C(F)F)c1. The molecule has 1 atom stereocenters. The maximum absolute atomic E-state index is 12.5. The first kappa shape index (κ1) is 11.9. The van der Waals surface area contributed by atoms with Crippen LogP contribution in [0.2, 0.25) is 0 Å². The van der Waals surface area contributed by atoms with Crippen molar-refractivity contribution in [3.05, 3.63) is 28.8 Å². The Kier molecular flexibility index (Phi) is 3.63. The summed E-state index contributed by atoms with van der Waals surface area (Å²) < 4.78 is 25.0. The Morgan fingerprint density at radius 2 is 1.93 bits per heavy atom. The monoisotopic (exact) mass is 216 g/mol. The average molecular weight is 216 g/mol. The van der Waals surface area contributed by atoms with Crippen molar-refractivity contribution in [1.82, 2.24) is 0 Å². The Labute approximate surface area is 87.2 Å². The predicted molar refractivity (Wildman–Crippen MR) is 53.2 cm³/mol. The van der Waals surface area contributed by atoms with Crippen molar-refractivity contribution >= 4 is 0 Å². The molecular formula is C11H14F2O2. The maximum atomic E-state index is 12.5. The van der Waals surface area contributed by atoms with E-state index in [4.69, 9.17) is 5.11 Å². The molecule has 0 bridgehead atoms. The minimum Gasteiger partial charge on any atom is -0.507 e. The van der Waals surface area contributed by atoms with Crippen molar-refractivity contribution in [3.63, 3.8) is 0 Å². The first-order chi connectivity index (χ1) is 6.91. The minimum atomic E-state index is -2.70. The smallest absolute Gasteiger partial charge is 0.267 e. The molecule has 0 aliphatic rings. The van der Waals surface area contributed by atoms with Crippen molar-refractivity contribution in [3.8, 4) is 5.75 Å². The zero-order valence-corrected chi connectivity index (χ0v) is 8.67. The Morgan fingerprint density at radius 1 is 1.33 bits per heavy atom. The van der Waals surface area contributed by atoms with Gasteiger partial charge in [-0.15, -0.1) is 0 Å². The van der Waals surface area contributed by atoms with Crippen LogP contribution in [-0.2, 0) is 6.42 Å². The van der Waals surface area contributed by atoms with Crippen molar-refractivity contribution in [1.29, 1.82) is 0 Å². The van der Waals surface area contributed by atoms with E-state index in [0.29, 0.717) is 11.1 Å². The van der Waals surface area contributed by atoms with Gasteiger partial charge in [-0.25, -0.2) is 8.78 Å². The van der Waals surface area contributed by atoms with Crippen LogP contribution in [0.5, 0.6) is 5.75 Å². The molecule has 0 spiro atoms. The van der Waals surface area contributed by atoms with Crippen LogP contribution in [0.4, 0.5) is 8.78 Å². The van der Waals surface area contributed by atoms with Crippen LogP contribution in [0.3, 0.4) is 0 Å². The lowest BCUT2D eigenvalue weighted by molar-refractivity contribution is 0.146. The number of aliphatic hydroxyl groups excluding tert-OH is 1. The zero-order valence-electron chi connectivity index (χ0n) is 8.67. The molecule has 2 N–H and O–H groups in total. The number of aliphatic hydroxyl groups is 1. The van der Waals surface area contributed by atoms with Crippen LogP contribution >= 0.6 is 0 Å². The molecule has 0 heterocycles. The van der Waals surface area contributed by atoms with Gasteiger partial charge in [0.1, 0.15) is 5.75 Å². The zero-order chi connectivity index (χ0) is 11.6. The summed E-state index contributed by atoms with van der Waals surface area (Å²) in [5.74, 6) is -0.406. The van der Waals surface area contributed by atoms with Gasteiger partial charge in [-0.1, -0.05) is 11.6 Å². The molecule has 0 saturated carbocycles. The van der Waals surface area contributed by atoms with Gasteiger partial charge in [0.25, 0.3) is 6.43 Å². The first-order valence-corrected chi connectivity index (χ1v) is 4.70. The molecule has 1 aromatic rings. The van der Waals surface area contributed by atoms with Crippen LogP contribution in [-0.4, -0.2) is 16.3 Å². The van der Waals surface area contributed by atoms with E-state index in [1.165, 1.54) is 6.07 Å². The van der Waals surface area contributed by atoms with Gasteiger partial charge in [0, 0.05) is 6.42 Å². The minimum absolute atomic E-state index is 0.174. The standard InChI is InChI=1S/C11H14F2O2/c1-6-3-8(5-7(2)14)10(15)9(4-6)11(12)13/h3-4,7,11,14-15H,5H2,1-2H3. The highest BCUT2D eigenvalue weighted by atomic mass is 19.3. The van der Waals surface area contributed by atoms with Gasteiger partial charge in [-0.3, -0.25) is 0 Å². The Hall–Kier alpha value is -1.16. The number of alkyl halides is 2. The third kappa shape index (κ3) is 2.89. The average Bonchev–Trinajstić information content (AvgIpc) is 2.09. The fraction of sp³-hybridized carbons (Fsp3) is 0.455. The van der Waals surface area contributed by atoms with Gasteiger partial charge in [-0.2, -0.15) is 0 Å². The molecule has 0 amide bonds. The number of phenolic OH excluding ortho intramolecular Hbond substituents is 1. The van der Waals surface area contributed by atoms with Gasteiger partial charge in [0.05, 0.1) is 11.7 Å². The molecule has 15 heavy (non-hydrogen) atoms. The number of benzene rings is 1. The number of halogens is 2. The lowest BCUT2D eigenvalue weighted by atomic mass is 10.0. The number of hydrogen-bond donors (Lipinski definition) is 2. The second-order valence-electron chi connectivity index (χ2n) is 3.72. The van der Waals surface area contributed by atoms with Gasteiger partial charge in [0.2, 0.25) is 0 Å². The number of aryl methyl sites for hydroxylation is 1. The quantitative estimate of drug-likeness (QED) is 0.815. The van der Waals surface area contributed by atoms with Gasteiger partial charge in [0.15, 0.2) is 0 Å². The highest BCUT2D eigenvalue weighted by Gasteiger charge is 2.17. The lowest BCUT2D eigenvalue weighted by Crippen LogP contribution is -2.05. The Balaban J connectivity index is 3.16. The molecule has 1 unspecified atom stereocenters. The van der Waals surface area contributed by atoms with E-state index in [9.17, 15) is 13.9 Å². The van der Waals surface area contributed by atoms with Crippen LogP contribution < -0.4 is 0 Å². The second-order valence-corrected chi connectivity index (χ2v) is 3.72. The summed E-state index contributed by atoms with van der Waals surface area (Å²) in [4.78, 5) is 0. The molecule has 0 aliphatic heterocycles. The van der Waals surface area contributed by atoms with E-state index in [-0.39, 0.29) is 12.0 Å². The first-order valence-electron chi connectivity index (χ1n) is 4.70. The molecule has 0 saturated heterocycles. The molecule has 4 heteroatoms. The van der Waals surface area contributed by atoms with Gasteiger partial charge >= 0.3 is 0 Å². The topological polar surface area (TPSA) is 40.5 Å². The molecule has 2 nitrogen and oxygen atoms in total. The summed E-state index contributed by atoms with van der Waals surface area (Å²) in [5, 5.41) is 18.7. The van der Waals surface area contributed by atoms with E-state index in [2.05, 4.69) is 0 Å². The van der Waals surface area contributed by atoms with E-state index in [0.717, 1.165) is 0 Å². The van der Waals surface area contributed by atoms with Crippen molar-refractivity contribution < 1.29 is 19.0 Å². The highest BCUT2D eigenvalue weighted by Crippen LogP contribution is 2.32. The number of aromatic hydroxyl groups is 1. The van der Waals surface area contributed by atoms with Crippen molar-refractivity contribution in [2.24, 2.45) is 0 Å². The molecule has 0 aromatic heterocycles. The maximum Gasteiger partial charge on any atom is 0.267 e. The van der Waals surface area contributed by atoms with E-state index < -0.39 is 18.3 Å². The fourth-order valence-corrected chi connectivity index (χ4v) is 1.52. The van der Waals surface area contributed by atoms with Crippen molar-refractivity contribution in [2.75, 3.05) is 0 Å². The molecule has 1 rings (SSSR count). The highest BCUT2D eigenvalue weighted by molar-refractivity contribution is 5.44. The van der Waals surface area contributed by atoms with Gasteiger partial charge in [-0.05, 0) is 25.5 Å². The van der Waals surface area contributed by atoms with E-state index in [1.807, 2.05) is 0 Å². The molecule has 0 aliphatic carbocycles. The van der Waals surface area contributed by atoms with Gasteiger partial charge < -0.3 is 10.2 Å². The van der Waals surface area contributed by atoms with E-state index >= 15 is 0 Å². The van der Waals surface area contributed by atoms with Crippen LogP contribution in [0.15, 0.2) is 12.1 Å². The number of rotatable bonds is 3. The van der Waals surface area contributed by atoms with E-state index in [1.54, 1.807) is 19.9 Å². The summed E-state index contributed by atoms with van der Waals surface area (Å²) in [7, 11) is 0. The summed E-state index contributed by atoms with van der Waals surface area (Å²) in [5.41, 5.74) is 0.643. The second kappa shape index (κ2) is 4.57. The predicted octanol–water partition coefficient (Wildman–Crippen LogP) is 2.56. The Bertz CT molecular complexity index is 349. The third-order valence-electron chi connectivity index (χ3n) is 2.11. The van der Waals surface area contributed by atoms with Crippen LogP contribution in [0.25, 0.3) is 0 Å². The Morgan fingerprint density at radius 3 is 2.40 bits per heavy atom. The third-order valence-corrected chi connectivity index (χ3v) is 2.11. The largest absolute Gasteiger partial charge is 0.507 e. The summed E-state index contributed by atoms with van der Waals surface area (Å²) in [6.07, 6.45) is -3.19. The number of phenols is 1. The fourth-order valence-electron chi connectivity index (χ4n) is 1.52.